The first-order valence-electron chi connectivity index (χ1n) is 10.2. The fourth-order valence-electron chi connectivity index (χ4n) is 4.35. The number of nitrogens with zero attached hydrogens (tertiary/aromatic N) is 6. The van der Waals surface area contributed by atoms with E-state index in [1.807, 2.05) is 0 Å². The topological polar surface area (TPSA) is 97.8 Å². The minimum Gasteiger partial charge on any atom is -0.372 e. The summed E-state index contributed by atoms with van der Waals surface area (Å²) in [6.07, 6.45) is 7.64. The van der Waals surface area contributed by atoms with Gasteiger partial charge < -0.3 is 16.0 Å². The van der Waals surface area contributed by atoms with E-state index in [9.17, 15) is 0 Å². The molecule has 1 aliphatic carbocycles. The van der Waals surface area contributed by atoms with E-state index in [1.54, 1.807) is 10.9 Å². The molecule has 2 fully saturated rings. The van der Waals surface area contributed by atoms with Crippen LogP contribution < -0.4 is 16.0 Å². The maximum atomic E-state index is 5.80. The van der Waals surface area contributed by atoms with Gasteiger partial charge in [0.2, 0.25) is 5.95 Å². The monoisotopic (exact) mass is 378 g/mol. The van der Waals surface area contributed by atoms with Crippen molar-refractivity contribution >= 4 is 22.8 Å². The lowest BCUT2D eigenvalue weighted by molar-refractivity contribution is 0.555. The molecular formula is C20H26N8. The van der Waals surface area contributed by atoms with E-state index in [4.69, 9.17) is 10.7 Å². The Bertz CT molecular complexity index is 944. The first-order valence-corrected chi connectivity index (χ1v) is 10.2. The van der Waals surface area contributed by atoms with Crippen LogP contribution in [0, 0.1) is 5.92 Å². The summed E-state index contributed by atoms with van der Waals surface area (Å²) < 4.78 is 1.79. The van der Waals surface area contributed by atoms with Crippen LogP contribution in [0.2, 0.25) is 0 Å². The Labute approximate surface area is 164 Å². The molecule has 0 bridgehead atoms. The quantitative estimate of drug-likeness (QED) is 0.703. The summed E-state index contributed by atoms with van der Waals surface area (Å²) in [5, 5.41) is 12.0. The minimum atomic E-state index is 0.384. The number of aromatic nitrogens is 5. The van der Waals surface area contributed by atoms with Crippen LogP contribution in [0.3, 0.4) is 0 Å². The number of benzene rings is 1. The first-order chi connectivity index (χ1) is 13.8. The van der Waals surface area contributed by atoms with Crippen molar-refractivity contribution in [2.24, 2.45) is 11.7 Å². The van der Waals surface area contributed by atoms with Gasteiger partial charge in [-0.1, -0.05) is 5.21 Å². The summed E-state index contributed by atoms with van der Waals surface area (Å²) in [5.41, 5.74) is 9.44. The van der Waals surface area contributed by atoms with Gasteiger partial charge in [-0.3, -0.25) is 0 Å². The van der Waals surface area contributed by atoms with Crippen molar-refractivity contribution < 1.29 is 0 Å². The average molecular weight is 378 g/mol. The molecule has 1 saturated heterocycles. The van der Waals surface area contributed by atoms with E-state index >= 15 is 0 Å². The van der Waals surface area contributed by atoms with E-state index in [-0.39, 0.29) is 0 Å². The highest BCUT2D eigenvalue weighted by Crippen LogP contribution is 2.27. The summed E-state index contributed by atoms with van der Waals surface area (Å²) in [5.74, 6) is 1.23. The van der Waals surface area contributed by atoms with E-state index in [0.717, 1.165) is 43.8 Å². The molecule has 3 aromatic rings. The van der Waals surface area contributed by atoms with Crippen molar-refractivity contribution in [1.82, 2.24) is 25.0 Å². The lowest BCUT2D eigenvalue weighted by Gasteiger charge is -2.17. The molecule has 5 rings (SSSR count). The van der Waals surface area contributed by atoms with Crippen LogP contribution in [-0.4, -0.2) is 50.6 Å². The smallest absolute Gasteiger partial charge is 0.225 e. The van der Waals surface area contributed by atoms with Crippen LogP contribution in [0.4, 0.5) is 11.6 Å². The zero-order valence-electron chi connectivity index (χ0n) is 16.0. The second-order valence-electron chi connectivity index (χ2n) is 7.87. The number of hydrogen-bond acceptors (Lipinski definition) is 7. The molecule has 1 unspecified atom stereocenters. The van der Waals surface area contributed by atoms with Crippen LogP contribution in [0.25, 0.3) is 16.9 Å². The molecule has 0 spiro atoms. The third-order valence-corrected chi connectivity index (χ3v) is 5.97. The van der Waals surface area contributed by atoms with Gasteiger partial charge in [0, 0.05) is 24.8 Å². The van der Waals surface area contributed by atoms with Crippen molar-refractivity contribution in [2.75, 3.05) is 29.9 Å². The Morgan fingerprint density at radius 3 is 2.61 bits per heavy atom. The molecule has 8 nitrogen and oxygen atoms in total. The van der Waals surface area contributed by atoms with Crippen LogP contribution in [0.5, 0.6) is 0 Å². The van der Waals surface area contributed by atoms with Crippen molar-refractivity contribution in [3.8, 4) is 5.69 Å². The largest absolute Gasteiger partial charge is 0.372 e. The van der Waals surface area contributed by atoms with Gasteiger partial charge in [-0.2, -0.15) is 9.67 Å². The second kappa shape index (κ2) is 7.35. The van der Waals surface area contributed by atoms with Gasteiger partial charge in [0.15, 0.2) is 11.2 Å². The molecule has 3 N–H and O–H groups in total. The number of fused-ring (bicyclic) bond motifs is 1. The lowest BCUT2D eigenvalue weighted by Crippen LogP contribution is -2.19. The molecule has 8 heteroatoms. The van der Waals surface area contributed by atoms with Crippen LogP contribution in [0.1, 0.15) is 32.1 Å². The zero-order valence-corrected chi connectivity index (χ0v) is 16.0. The normalized spacial score (nSPS) is 22.2. The van der Waals surface area contributed by atoms with Crippen molar-refractivity contribution in [1.29, 1.82) is 0 Å². The van der Waals surface area contributed by atoms with Gasteiger partial charge in [0.1, 0.15) is 0 Å². The van der Waals surface area contributed by atoms with Crippen molar-refractivity contribution in [2.45, 2.75) is 38.1 Å². The molecule has 2 aromatic heterocycles. The standard InChI is InChI=1S/C20H26N8/c21-12-14-3-4-15(11-14)23-20-22-13-18-19(24-20)28(26-25-18)17-7-5-16(6-8-17)27-9-1-2-10-27/h5-8,13-15H,1-4,9-12,21H2,(H,22,23,24)/t14-,15?/m1/s1. The van der Waals surface area contributed by atoms with Crippen molar-refractivity contribution in [3.63, 3.8) is 0 Å². The molecule has 28 heavy (non-hydrogen) atoms. The summed E-state index contributed by atoms with van der Waals surface area (Å²) in [6.45, 7) is 3.03. The third kappa shape index (κ3) is 3.28. The predicted octanol–water partition coefficient (Wildman–Crippen LogP) is 2.35. The molecule has 146 valence electrons. The SMILES string of the molecule is NC[C@@H]1CCC(Nc2ncc3nnn(-c4ccc(N5CCCC5)cc4)c3n2)C1. The van der Waals surface area contributed by atoms with Gasteiger partial charge in [-0.25, -0.2) is 4.98 Å². The zero-order chi connectivity index (χ0) is 18.9. The molecular weight excluding hydrogens is 352 g/mol. The first kappa shape index (κ1) is 17.4. The van der Waals surface area contributed by atoms with E-state index in [1.165, 1.54) is 24.9 Å². The summed E-state index contributed by atoms with van der Waals surface area (Å²) in [7, 11) is 0. The second-order valence-corrected chi connectivity index (χ2v) is 7.87. The molecule has 1 saturated carbocycles. The maximum absolute atomic E-state index is 5.80. The molecule has 3 heterocycles. The summed E-state index contributed by atoms with van der Waals surface area (Å²) >= 11 is 0. The van der Waals surface area contributed by atoms with Gasteiger partial charge in [-0.15, -0.1) is 5.10 Å². The molecule has 0 amide bonds. The van der Waals surface area contributed by atoms with Crippen LogP contribution >= 0.6 is 0 Å². The Balaban J connectivity index is 1.39. The van der Waals surface area contributed by atoms with Crippen LogP contribution in [-0.2, 0) is 0 Å². The number of nitrogens with one attached hydrogen (secondary N) is 1. The number of hydrogen-bond donors (Lipinski definition) is 2. The van der Waals surface area contributed by atoms with Gasteiger partial charge in [0.05, 0.1) is 11.9 Å². The molecule has 2 aliphatic rings. The van der Waals surface area contributed by atoms with Crippen molar-refractivity contribution in [3.05, 3.63) is 30.5 Å². The van der Waals surface area contributed by atoms with E-state index in [2.05, 4.69) is 49.8 Å². The molecule has 1 aromatic carbocycles. The van der Waals surface area contributed by atoms with E-state index in [0.29, 0.717) is 23.4 Å². The molecule has 2 atom stereocenters. The van der Waals surface area contributed by atoms with Gasteiger partial charge in [-0.05, 0) is 68.8 Å². The third-order valence-electron chi connectivity index (χ3n) is 5.97. The fourth-order valence-corrected chi connectivity index (χ4v) is 4.35. The number of anilines is 2. The van der Waals surface area contributed by atoms with Crippen LogP contribution in [0.15, 0.2) is 30.5 Å². The number of rotatable bonds is 5. The summed E-state index contributed by atoms with van der Waals surface area (Å²) in [6, 6.07) is 8.86. The Kier molecular flexibility index (Phi) is 4.56. The maximum Gasteiger partial charge on any atom is 0.225 e. The summed E-state index contributed by atoms with van der Waals surface area (Å²) in [4.78, 5) is 11.5. The van der Waals surface area contributed by atoms with Gasteiger partial charge >= 0.3 is 0 Å². The Hall–Kier alpha value is -2.74. The number of nitrogens with two attached hydrogens (primary N) is 1. The Morgan fingerprint density at radius 1 is 1.07 bits per heavy atom. The predicted molar refractivity (Wildman–Crippen MR) is 110 cm³/mol. The highest BCUT2D eigenvalue weighted by molar-refractivity contribution is 5.72. The Morgan fingerprint density at radius 2 is 1.86 bits per heavy atom. The van der Waals surface area contributed by atoms with E-state index < -0.39 is 0 Å². The average Bonchev–Trinajstić information content (AvgIpc) is 3.49. The minimum absolute atomic E-state index is 0.384. The lowest BCUT2D eigenvalue weighted by atomic mass is 10.1. The highest BCUT2D eigenvalue weighted by Gasteiger charge is 2.24. The van der Waals surface area contributed by atoms with Gasteiger partial charge in [0.25, 0.3) is 0 Å². The molecule has 1 aliphatic heterocycles. The molecule has 0 radical (unpaired) electrons. The highest BCUT2D eigenvalue weighted by atomic mass is 15.4. The fraction of sp³-hybridized carbons (Fsp3) is 0.500.